The smallest absolute Gasteiger partial charge is 0.0624 e. The molecule has 0 radical (unpaired) electrons. The summed E-state index contributed by atoms with van der Waals surface area (Å²) in [6, 6.07) is 6.58. The Morgan fingerprint density at radius 2 is 2.18 bits per heavy atom. The Labute approximate surface area is 103 Å². The molecule has 1 aromatic rings. The molecule has 1 unspecified atom stereocenters. The first-order valence-corrected chi connectivity index (χ1v) is 6.34. The first-order chi connectivity index (χ1) is 8.13. The maximum Gasteiger partial charge on any atom is 0.0624 e. The van der Waals surface area contributed by atoms with Gasteiger partial charge in [0, 0.05) is 19.1 Å². The van der Waals surface area contributed by atoms with Crippen molar-refractivity contribution in [3.05, 3.63) is 34.9 Å². The molecule has 3 N–H and O–H groups in total. The lowest BCUT2D eigenvalue weighted by Gasteiger charge is -2.33. The third kappa shape index (κ3) is 2.51. The van der Waals surface area contributed by atoms with E-state index in [-0.39, 0.29) is 12.6 Å². The summed E-state index contributed by atoms with van der Waals surface area (Å²) in [6.07, 6.45) is 1.08. The number of hydrogen-bond acceptors (Lipinski definition) is 3. The molecule has 0 aliphatic carbocycles. The summed E-state index contributed by atoms with van der Waals surface area (Å²) in [6.45, 7) is 6.52. The van der Waals surface area contributed by atoms with Gasteiger partial charge >= 0.3 is 0 Å². The Hall–Kier alpha value is -0.900. The van der Waals surface area contributed by atoms with Crippen molar-refractivity contribution in [2.45, 2.75) is 38.9 Å². The summed E-state index contributed by atoms with van der Waals surface area (Å²) in [5.41, 5.74) is 9.80. The van der Waals surface area contributed by atoms with Crippen molar-refractivity contribution in [2.75, 3.05) is 13.2 Å². The molecule has 3 nitrogen and oxygen atoms in total. The molecule has 17 heavy (non-hydrogen) atoms. The molecule has 1 aliphatic heterocycles. The van der Waals surface area contributed by atoms with E-state index in [9.17, 15) is 5.11 Å². The van der Waals surface area contributed by atoms with Crippen LogP contribution in [0.5, 0.6) is 0 Å². The molecule has 94 valence electrons. The predicted octanol–water partition coefficient (Wildman–Crippen LogP) is 1.45. The summed E-state index contributed by atoms with van der Waals surface area (Å²) < 4.78 is 0. The zero-order valence-corrected chi connectivity index (χ0v) is 10.7. The topological polar surface area (TPSA) is 49.5 Å². The fraction of sp³-hybridized carbons (Fsp3) is 0.571. The van der Waals surface area contributed by atoms with E-state index in [2.05, 4.69) is 30.9 Å². The van der Waals surface area contributed by atoms with Crippen LogP contribution in [0.15, 0.2) is 18.2 Å². The summed E-state index contributed by atoms with van der Waals surface area (Å²) >= 11 is 0. The first-order valence-electron chi connectivity index (χ1n) is 6.34. The maximum absolute atomic E-state index is 9.23. The van der Waals surface area contributed by atoms with Gasteiger partial charge in [0.1, 0.15) is 0 Å². The Balaban J connectivity index is 2.33. The summed E-state index contributed by atoms with van der Waals surface area (Å²) in [5.74, 6) is 0. The molecule has 1 aromatic carbocycles. The fourth-order valence-electron chi connectivity index (χ4n) is 2.51. The number of rotatable bonds is 3. The second-order valence-corrected chi connectivity index (χ2v) is 5.09. The van der Waals surface area contributed by atoms with Crippen LogP contribution < -0.4 is 5.73 Å². The van der Waals surface area contributed by atoms with Gasteiger partial charge in [-0.1, -0.05) is 18.2 Å². The van der Waals surface area contributed by atoms with Crippen LogP contribution in [0.1, 0.15) is 36.6 Å². The van der Waals surface area contributed by atoms with Crippen molar-refractivity contribution in [2.24, 2.45) is 5.73 Å². The minimum atomic E-state index is -0.253. The molecule has 0 saturated heterocycles. The number of aliphatic hydroxyl groups excluding tert-OH is 1. The third-order valence-corrected chi connectivity index (χ3v) is 3.67. The van der Waals surface area contributed by atoms with E-state index >= 15 is 0 Å². The molecule has 0 aromatic heterocycles. The standard InChI is InChI=1S/C14H22N2O/c1-10(2)16-7-6-11-4-3-5-12(13(11)8-16)14(15)9-17/h3-5,10,14,17H,6-9,15H2,1-2H3. The van der Waals surface area contributed by atoms with Crippen LogP contribution in [0.25, 0.3) is 0 Å². The number of fused-ring (bicyclic) bond motifs is 1. The highest BCUT2D eigenvalue weighted by molar-refractivity contribution is 5.38. The van der Waals surface area contributed by atoms with Gasteiger partial charge in [-0.05, 0) is 37.0 Å². The van der Waals surface area contributed by atoms with E-state index in [1.165, 1.54) is 11.1 Å². The SMILES string of the molecule is CC(C)N1CCc2cccc(C(N)CO)c2C1. The second kappa shape index (κ2) is 5.17. The normalized spacial score (nSPS) is 18.2. The van der Waals surface area contributed by atoms with Gasteiger partial charge in [0.05, 0.1) is 12.6 Å². The minimum Gasteiger partial charge on any atom is -0.394 e. The van der Waals surface area contributed by atoms with Crippen LogP contribution >= 0.6 is 0 Å². The molecule has 2 rings (SSSR count). The predicted molar refractivity (Wildman–Crippen MR) is 69.7 cm³/mol. The van der Waals surface area contributed by atoms with Crippen molar-refractivity contribution in [3.8, 4) is 0 Å². The van der Waals surface area contributed by atoms with Gasteiger partial charge in [-0.3, -0.25) is 4.90 Å². The molecule has 0 fully saturated rings. The van der Waals surface area contributed by atoms with Crippen molar-refractivity contribution < 1.29 is 5.11 Å². The monoisotopic (exact) mass is 234 g/mol. The summed E-state index contributed by atoms with van der Waals surface area (Å²) in [4.78, 5) is 2.45. The van der Waals surface area contributed by atoms with Gasteiger partial charge in [0.2, 0.25) is 0 Å². The number of aliphatic hydroxyl groups is 1. The van der Waals surface area contributed by atoms with E-state index < -0.39 is 0 Å². The third-order valence-electron chi connectivity index (χ3n) is 3.67. The number of nitrogens with zero attached hydrogens (tertiary/aromatic N) is 1. The largest absolute Gasteiger partial charge is 0.394 e. The second-order valence-electron chi connectivity index (χ2n) is 5.09. The molecule has 0 bridgehead atoms. The Kier molecular flexibility index (Phi) is 3.82. The van der Waals surface area contributed by atoms with Crippen LogP contribution in [0.3, 0.4) is 0 Å². The molecular formula is C14H22N2O. The number of nitrogens with two attached hydrogens (primary N) is 1. The number of benzene rings is 1. The molecule has 3 heteroatoms. The van der Waals surface area contributed by atoms with E-state index in [0.717, 1.165) is 25.1 Å². The van der Waals surface area contributed by atoms with Crippen molar-refractivity contribution in [1.82, 2.24) is 4.90 Å². The van der Waals surface area contributed by atoms with Crippen molar-refractivity contribution in [1.29, 1.82) is 0 Å². The van der Waals surface area contributed by atoms with Crippen LogP contribution in [0.4, 0.5) is 0 Å². The highest BCUT2D eigenvalue weighted by Crippen LogP contribution is 2.26. The highest BCUT2D eigenvalue weighted by atomic mass is 16.3. The van der Waals surface area contributed by atoms with E-state index in [0.29, 0.717) is 6.04 Å². The van der Waals surface area contributed by atoms with Crippen molar-refractivity contribution in [3.63, 3.8) is 0 Å². The zero-order chi connectivity index (χ0) is 12.4. The van der Waals surface area contributed by atoms with Crippen molar-refractivity contribution >= 4 is 0 Å². The average Bonchev–Trinajstić information content (AvgIpc) is 2.36. The Bertz CT molecular complexity index is 390. The molecule has 0 spiro atoms. The molecule has 1 aliphatic rings. The summed E-state index contributed by atoms with van der Waals surface area (Å²) in [7, 11) is 0. The number of hydrogen-bond donors (Lipinski definition) is 2. The van der Waals surface area contributed by atoms with Gasteiger partial charge < -0.3 is 10.8 Å². The van der Waals surface area contributed by atoms with E-state index in [1.807, 2.05) is 6.07 Å². The lowest BCUT2D eigenvalue weighted by atomic mass is 9.91. The Morgan fingerprint density at radius 1 is 1.41 bits per heavy atom. The average molecular weight is 234 g/mol. The van der Waals surface area contributed by atoms with Crippen LogP contribution in [-0.2, 0) is 13.0 Å². The quantitative estimate of drug-likeness (QED) is 0.832. The molecule has 1 heterocycles. The summed E-state index contributed by atoms with van der Waals surface area (Å²) in [5, 5.41) is 9.23. The van der Waals surface area contributed by atoms with Crippen LogP contribution in [-0.4, -0.2) is 29.2 Å². The van der Waals surface area contributed by atoms with Gasteiger partial charge in [0.25, 0.3) is 0 Å². The lowest BCUT2D eigenvalue weighted by Crippen LogP contribution is -2.37. The van der Waals surface area contributed by atoms with Crippen LogP contribution in [0.2, 0.25) is 0 Å². The zero-order valence-electron chi connectivity index (χ0n) is 10.7. The van der Waals surface area contributed by atoms with E-state index in [4.69, 9.17) is 5.73 Å². The van der Waals surface area contributed by atoms with Gasteiger partial charge in [-0.2, -0.15) is 0 Å². The molecule has 1 atom stereocenters. The molecule has 0 amide bonds. The van der Waals surface area contributed by atoms with E-state index in [1.54, 1.807) is 0 Å². The first kappa shape index (κ1) is 12.6. The van der Waals surface area contributed by atoms with Gasteiger partial charge in [-0.15, -0.1) is 0 Å². The fourth-order valence-corrected chi connectivity index (χ4v) is 2.51. The molecular weight excluding hydrogens is 212 g/mol. The van der Waals surface area contributed by atoms with Crippen LogP contribution in [0, 0.1) is 0 Å². The minimum absolute atomic E-state index is 0.0120. The molecule has 0 saturated carbocycles. The van der Waals surface area contributed by atoms with Gasteiger partial charge in [-0.25, -0.2) is 0 Å². The van der Waals surface area contributed by atoms with Gasteiger partial charge in [0.15, 0.2) is 0 Å². The maximum atomic E-state index is 9.23. The Morgan fingerprint density at radius 3 is 2.82 bits per heavy atom. The highest BCUT2D eigenvalue weighted by Gasteiger charge is 2.22. The lowest BCUT2D eigenvalue weighted by molar-refractivity contribution is 0.201.